The normalized spacial score (nSPS) is 11.3. The van der Waals surface area contributed by atoms with Crippen LogP contribution in [0.3, 0.4) is 0 Å². The molecule has 138 valence electrons. The molecule has 0 aliphatic rings. The highest BCUT2D eigenvalue weighted by Gasteiger charge is 2.21. The molecule has 3 aromatic rings. The average molecular weight is 382 g/mol. The van der Waals surface area contributed by atoms with E-state index in [0.29, 0.717) is 11.4 Å². The number of carbonyl (C=O) groups excluding carboxylic acids is 2. The van der Waals surface area contributed by atoms with Gasteiger partial charge in [0.1, 0.15) is 10.8 Å². The third kappa shape index (κ3) is 4.44. The third-order valence-electron chi connectivity index (χ3n) is 3.99. The van der Waals surface area contributed by atoms with Crippen molar-refractivity contribution < 1.29 is 9.59 Å². The number of pyridine rings is 1. The number of halogens is 1. The van der Waals surface area contributed by atoms with Crippen molar-refractivity contribution in [2.75, 3.05) is 10.6 Å². The maximum Gasteiger partial charge on any atom is 0.274 e. The van der Waals surface area contributed by atoms with Gasteiger partial charge < -0.3 is 10.6 Å². The van der Waals surface area contributed by atoms with E-state index in [2.05, 4.69) is 15.6 Å². The van der Waals surface area contributed by atoms with Crippen molar-refractivity contribution >= 4 is 45.6 Å². The van der Waals surface area contributed by atoms with Gasteiger partial charge in [-0.1, -0.05) is 62.7 Å². The van der Waals surface area contributed by atoms with Crippen LogP contribution in [0.5, 0.6) is 0 Å². The number of fused-ring (bicyclic) bond motifs is 1. The number of rotatable bonds is 3. The van der Waals surface area contributed by atoms with Crippen LogP contribution in [-0.2, 0) is 4.79 Å². The highest BCUT2D eigenvalue weighted by molar-refractivity contribution is 6.34. The van der Waals surface area contributed by atoms with E-state index in [1.807, 2.05) is 45.0 Å². The number of amides is 2. The van der Waals surface area contributed by atoms with Gasteiger partial charge in [-0.25, -0.2) is 4.98 Å². The van der Waals surface area contributed by atoms with E-state index >= 15 is 0 Å². The van der Waals surface area contributed by atoms with Crippen LogP contribution in [0.25, 0.3) is 10.8 Å². The molecule has 27 heavy (non-hydrogen) atoms. The minimum atomic E-state index is -0.509. The highest BCUT2D eigenvalue weighted by Crippen LogP contribution is 2.24. The third-order valence-corrected chi connectivity index (χ3v) is 4.27. The predicted octanol–water partition coefficient (Wildman–Crippen LogP) is 5.13. The number of hydrogen-bond donors (Lipinski definition) is 2. The molecular weight excluding hydrogens is 362 g/mol. The number of hydrogen-bond acceptors (Lipinski definition) is 3. The molecule has 2 N–H and O–H groups in total. The zero-order valence-electron chi connectivity index (χ0n) is 15.3. The van der Waals surface area contributed by atoms with Gasteiger partial charge in [-0.3, -0.25) is 9.59 Å². The van der Waals surface area contributed by atoms with E-state index in [1.165, 1.54) is 0 Å². The van der Waals surface area contributed by atoms with Crippen LogP contribution in [-0.4, -0.2) is 16.8 Å². The molecule has 6 heteroatoms. The van der Waals surface area contributed by atoms with Gasteiger partial charge >= 0.3 is 0 Å². The summed E-state index contributed by atoms with van der Waals surface area (Å²) in [7, 11) is 0. The summed E-state index contributed by atoms with van der Waals surface area (Å²) in [6.45, 7) is 5.51. The molecule has 2 amide bonds. The molecule has 2 aromatic carbocycles. The second-order valence-electron chi connectivity index (χ2n) is 7.26. The lowest BCUT2D eigenvalue weighted by atomic mass is 9.95. The molecular formula is C21H20ClN3O2. The van der Waals surface area contributed by atoms with E-state index in [4.69, 9.17) is 11.6 Å². The zero-order chi connectivity index (χ0) is 19.6. The zero-order valence-corrected chi connectivity index (χ0v) is 16.1. The summed E-state index contributed by atoms with van der Waals surface area (Å²) in [5.74, 6) is -0.476. The Kier molecular flexibility index (Phi) is 5.15. The van der Waals surface area contributed by atoms with E-state index in [1.54, 1.807) is 30.3 Å². The molecule has 0 atom stereocenters. The molecule has 0 bridgehead atoms. The van der Waals surface area contributed by atoms with Gasteiger partial charge in [0, 0.05) is 22.2 Å². The second-order valence-corrected chi connectivity index (χ2v) is 7.62. The van der Waals surface area contributed by atoms with Gasteiger partial charge in [-0.05, 0) is 29.7 Å². The summed E-state index contributed by atoms with van der Waals surface area (Å²) >= 11 is 6.20. The van der Waals surface area contributed by atoms with Gasteiger partial charge in [0.05, 0.1) is 0 Å². The number of aromatic nitrogens is 1. The summed E-state index contributed by atoms with van der Waals surface area (Å²) in [6.07, 6.45) is 0. The molecule has 0 saturated heterocycles. The molecule has 1 aromatic heterocycles. The van der Waals surface area contributed by atoms with Gasteiger partial charge in [0.25, 0.3) is 5.91 Å². The van der Waals surface area contributed by atoms with Crippen LogP contribution >= 0.6 is 11.6 Å². The number of benzene rings is 2. The van der Waals surface area contributed by atoms with Crippen molar-refractivity contribution in [2.24, 2.45) is 5.41 Å². The summed E-state index contributed by atoms with van der Waals surface area (Å²) in [4.78, 5) is 28.9. The smallest absolute Gasteiger partial charge is 0.274 e. The first kappa shape index (κ1) is 18.9. The molecule has 1 heterocycles. The Morgan fingerprint density at radius 3 is 2.30 bits per heavy atom. The van der Waals surface area contributed by atoms with Gasteiger partial charge in [0.2, 0.25) is 5.91 Å². The topological polar surface area (TPSA) is 71.1 Å². The SMILES string of the molecule is CC(C)(C)C(=O)Nc1cccc(NC(=O)c2cc3ccccc3c(Cl)n2)c1. The standard InChI is InChI=1S/C21H20ClN3O2/c1-21(2,3)20(27)24-15-9-6-8-14(12-15)23-19(26)17-11-13-7-4-5-10-16(13)18(22)25-17/h4-12H,1-3H3,(H,23,26)(H,24,27). The monoisotopic (exact) mass is 381 g/mol. The Labute approximate surface area is 162 Å². The Balaban J connectivity index is 1.80. The van der Waals surface area contributed by atoms with Crippen LogP contribution in [0.4, 0.5) is 11.4 Å². The van der Waals surface area contributed by atoms with Crippen molar-refractivity contribution in [3.63, 3.8) is 0 Å². The summed E-state index contributed by atoms with van der Waals surface area (Å²) in [6, 6.07) is 16.1. The number of nitrogens with one attached hydrogen (secondary N) is 2. The first-order chi connectivity index (χ1) is 12.7. The van der Waals surface area contributed by atoms with Crippen LogP contribution in [0.2, 0.25) is 5.15 Å². The van der Waals surface area contributed by atoms with Gasteiger partial charge in [0.15, 0.2) is 0 Å². The minimum Gasteiger partial charge on any atom is -0.326 e. The van der Waals surface area contributed by atoms with E-state index in [0.717, 1.165) is 10.8 Å². The first-order valence-corrected chi connectivity index (χ1v) is 8.90. The quantitative estimate of drug-likeness (QED) is 0.618. The Morgan fingerprint density at radius 2 is 1.59 bits per heavy atom. The lowest BCUT2D eigenvalue weighted by Crippen LogP contribution is -2.27. The number of carbonyl (C=O) groups is 2. The first-order valence-electron chi connectivity index (χ1n) is 8.52. The van der Waals surface area contributed by atoms with Crippen molar-refractivity contribution in [1.29, 1.82) is 0 Å². The van der Waals surface area contributed by atoms with Gasteiger partial charge in [-0.15, -0.1) is 0 Å². The molecule has 0 spiro atoms. The maximum atomic E-state index is 12.6. The fourth-order valence-corrected chi connectivity index (χ4v) is 2.72. The summed E-state index contributed by atoms with van der Waals surface area (Å²) in [5, 5.41) is 7.55. The lowest BCUT2D eigenvalue weighted by Gasteiger charge is -2.18. The van der Waals surface area contributed by atoms with Crippen molar-refractivity contribution in [3.05, 3.63) is 65.4 Å². The Morgan fingerprint density at radius 1 is 0.926 bits per heavy atom. The lowest BCUT2D eigenvalue weighted by molar-refractivity contribution is -0.123. The van der Waals surface area contributed by atoms with E-state index in [-0.39, 0.29) is 22.7 Å². The Bertz CT molecular complexity index is 1030. The molecule has 0 aliphatic carbocycles. The number of nitrogens with zero attached hydrogens (tertiary/aromatic N) is 1. The van der Waals surface area contributed by atoms with Crippen LogP contribution < -0.4 is 10.6 Å². The highest BCUT2D eigenvalue weighted by atomic mass is 35.5. The Hall–Kier alpha value is -2.92. The molecule has 0 saturated carbocycles. The average Bonchev–Trinajstić information content (AvgIpc) is 2.61. The maximum absolute atomic E-state index is 12.6. The molecule has 0 unspecified atom stereocenters. The number of anilines is 2. The van der Waals surface area contributed by atoms with Crippen molar-refractivity contribution in [3.8, 4) is 0 Å². The van der Waals surface area contributed by atoms with Crippen molar-refractivity contribution in [1.82, 2.24) is 4.98 Å². The van der Waals surface area contributed by atoms with E-state index < -0.39 is 5.41 Å². The minimum absolute atomic E-state index is 0.103. The molecule has 0 aliphatic heterocycles. The van der Waals surface area contributed by atoms with Gasteiger partial charge in [-0.2, -0.15) is 0 Å². The van der Waals surface area contributed by atoms with Crippen LogP contribution in [0.1, 0.15) is 31.3 Å². The fourth-order valence-electron chi connectivity index (χ4n) is 2.46. The van der Waals surface area contributed by atoms with E-state index in [9.17, 15) is 9.59 Å². The molecule has 5 nitrogen and oxygen atoms in total. The summed E-state index contributed by atoms with van der Waals surface area (Å²) < 4.78 is 0. The fraction of sp³-hybridized carbons (Fsp3) is 0.190. The largest absolute Gasteiger partial charge is 0.326 e. The van der Waals surface area contributed by atoms with Crippen LogP contribution in [0.15, 0.2) is 54.6 Å². The van der Waals surface area contributed by atoms with Crippen LogP contribution in [0, 0.1) is 5.41 Å². The summed E-state index contributed by atoms with van der Waals surface area (Å²) in [5.41, 5.74) is 0.878. The molecule has 0 radical (unpaired) electrons. The second kappa shape index (κ2) is 7.37. The molecule has 0 fully saturated rings. The predicted molar refractivity (Wildman–Crippen MR) is 109 cm³/mol. The molecule has 3 rings (SSSR count). The van der Waals surface area contributed by atoms with Crippen molar-refractivity contribution in [2.45, 2.75) is 20.8 Å².